The normalized spacial score (nSPS) is 8.82. The lowest BCUT2D eigenvalue weighted by Crippen LogP contribution is -2.24. The summed E-state index contributed by atoms with van der Waals surface area (Å²) in [6.45, 7) is 0. The standard InChI is InChI=1S/C8H9N2O/c1-9-8(11)10-7-5-3-2-4-6-7/h3-6H,1H3,(H2,9,10,11). The summed E-state index contributed by atoms with van der Waals surface area (Å²) in [5, 5.41) is 5.07. The Labute approximate surface area is 65.4 Å². The van der Waals surface area contributed by atoms with Gasteiger partial charge >= 0.3 is 6.03 Å². The first-order valence-corrected chi connectivity index (χ1v) is 3.28. The minimum atomic E-state index is -0.212. The number of hydrogen-bond acceptors (Lipinski definition) is 1. The van der Waals surface area contributed by atoms with E-state index in [9.17, 15) is 4.79 Å². The van der Waals surface area contributed by atoms with Gasteiger partial charge in [-0.15, -0.1) is 0 Å². The van der Waals surface area contributed by atoms with E-state index in [2.05, 4.69) is 16.7 Å². The highest BCUT2D eigenvalue weighted by Gasteiger charge is 1.94. The quantitative estimate of drug-likeness (QED) is 0.619. The van der Waals surface area contributed by atoms with Crippen molar-refractivity contribution in [2.75, 3.05) is 12.4 Å². The Morgan fingerprint density at radius 2 is 2.09 bits per heavy atom. The van der Waals surface area contributed by atoms with Gasteiger partial charge in [0.25, 0.3) is 0 Å². The Bertz CT molecular complexity index is 233. The van der Waals surface area contributed by atoms with Gasteiger partial charge < -0.3 is 10.6 Å². The van der Waals surface area contributed by atoms with Crippen LogP contribution in [0.1, 0.15) is 0 Å². The highest BCUT2D eigenvalue weighted by atomic mass is 16.2. The van der Waals surface area contributed by atoms with Crippen LogP contribution in [-0.2, 0) is 0 Å². The average molecular weight is 149 g/mol. The molecule has 3 nitrogen and oxygen atoms in total. The van der Waals surface area contributed by atoms with Gasteiger partial charge in [0.2, 0.25) is 0 Å². The predicted molar refractivity (Wildman–Crippen MR) is 43.4 cm³/mol. The molecule has 0 saturated carbocycles. The van der Waals surface area contributed by atoms with Crippen LogP contribution >= 0.6 is 0 Å². The smallest absolute Gasteiger partial charge is 0.318 e. The number of nitrogens with one attached hydrogen (secondary N) is 2. The van der Waals surface area contributed by atoms with Crippen molar-refractivity contribution in [3.8, 4) is 0 Å². The Balaban J connectivity index is 2.58. The molecule has 2 N–H and O–H groups in total. The zero-order valence-electron chi connectivity index (χ0n) is 6.22. The van der Waals surface area contributed by atoms with E-state index in [1.807, 2.05) is 0 Å². The summed E-state index contributed by atoms with van der Waals surface area (Å²) >= 11 is 0. The molecule has 2 amide bonds. The van der Waals surface area contributed by atoms with Gasteiger partial charge in [-0.25, -0.2) is 4.79 Å². The molecule has 0 saturated heterocycles. The van der Waals surface area contributed by atoms with Crippen molar-refractivity contribution >= 4 is 11.7 Å². The third-order valence-electron chi connectivity index (χ3n) is 1.20. The van der Waals surface area contributed by atoms with E-state index < -0.39 is 0 Å². The van der Waals surface area contributed by atoms with Gasteiger partial charge in [-0.2, -0.15) is 0 Å². The Morgan fingerprint density at radius 3 is 2.64 bits per heavy atom. The molecular formula is C8H9N2O. The molecule has 11 heavy (non-hydrogen) atoms. The fourth-order valence-corrected chi connectivity index (χ4v) is 0.664. The van der Waals surface area contributed by atoms with Crippen LogP contribution in [0.3, 0.4) is 0 Å². The second-order valence-electron chi connectivity index (χ2n) is 1.99. The lowest BCUT2D eigenvalue weighted by atomic mass is 10.3. The fraction of sp³-hybridized carbons (Fsp3) is 0.125. The molecule has 1 radical (unpaired) electrons. The van der Waals surface area contributed by atoms with Gasteiger partial charge in [-0.1, -0.05) is 12.1 Å². The largest absolute Gasteiger partial charge is 0.341 e. The molecule has 0 aromatic heterocycles. The van der Waals surface area contributed by atoms with Gasteiger partial charge in [-0.05, 0) is 18.2 Å². The van der Waals surface area contributed by atoms with Crippen molar-refractivity contribution in [1.29, 1.82) is 0 Å². The predicted octanol–water partition coefficient (Wildman–Crippen LogP) is 1.24. The summed E-state index contributed by atoms with van der Waals surface area (Å²) in [5.74, 6) is 0. The van der Waals surface area contributed by atoms with E-state index in [1.54, 1.807) is 31.3 Å². The molecule has 1 rings (SSSR count). The maximum atomic E-state index is 10.7. The number of benzene rings is 1. The molecule has 0 aliphatic rings. The Morgan fingerprint density at radius 1 is 1.45 bits per heavy atom. The molecule has 0 aliphatic heterocycles. The average Bonchev–Trinajstić information content (AvgIpc) is 2.06. The van der Waals surface area contributed by atoms with E-state index >= 15 is 0 Å². The molecule has 0 spiro atoms. The SMILES string of the molecule is CNC(=O)Nc1cc[c]cc1. The zero-order valence-corrected chi connectivity index (χ0v) is 6.22. The summed E-state index contributed by atoms with van der Waals surface area (Å²) in [6, 6.07) is 9.67. The van der Waals surface area contributed by atoms with Crippen molar-refractivity contribution in [3.63, 3.8) is 0 Å². The lowest BCUT2D eigenvalue weighted by molar-refractivity contribution is 0.254. The van der Waals surface area contributed by atoms with E-state index in [-0.39, 0.29) is 6.03 Å². The molecule has 3 heteroatoms. The van der Waals surface area contributed by atoms with Crippen molar-refractivity contribution in [2.24, 2.45) is 0 Å². The molecule has 57 valence electrons. The molecule has 0 fully saturated rings. The van der Waals surface area contributed by atoms with Gasteiger partial charge in [0.1, 0.15) is 0 Å². The van der Waals surface area contributed by atoms with E-state index in [4.69, 9.17) is 0 Å². The number of rotatable bonds is 1. The third kappa shape index (κ3) is 2.29. The maximum Gasteiger partial charge on any atom is 0.318 e. The third-order valence-corrected chi connectivity index (χ3v) is 1.20. The first-order chi connectivity index (χ1) is 5.33. The first-order valence-electron chi connectivity index (χ1n) is 3.28. The lowest BCUT2D eigenvalue weighted by Gasteiger charge is -2.01. The second kappa shape index (κ2) is 3.61. The fourth-order valence-electron chi connectivity index (χ4n) is 0.664. The molecule has 1 aromatic rings. The topological polar surface area (TPSA) is 41.1 Å². The van der Waals surface area contributed by atoms with Gasteiger partial charge in [-0.3, -0.25) is 0 Å². The number of hydrogen-bond donors (Lipinski definition) is 2. The minimum absolute atomic E-state index is 0.212. The summed E-state index contributed by atoms with van der Waals surface area (Å²) in [4.78, 5) is 10.7. The molecule has 0 bridgehead atoms. The van der Waals surface area contributed by atoms with Crippen LogP contribution in [0.2, 0.25) is 0 Å². The number of carbonyl (C=O) groups excluding carboxylic acids is 1. The number of urea groups is 1. The highest BCUT2D eigenvalue weighted by molar-refractivity contribution is 5.88. The maximum absolute atomic E-state index is 10.7. The van der Waals surface area contributed by atoms with E-state index in [0.29, 0.717) is 0 Å². The first kappa shape index (κ1) is 7.60. The minimum Gasteiger partial charge on any atom is -0.341 e. The molecule has 0 atom stereocenters. The van der Waals surface area contributed by atoms with Crippen LogP contribution in [-0.4, -0.2) is 13.1 Å². The van der Waals surface area contributed by atoms with E-state index in [1.165, 1.54) is 0 Å². The van der Waals surface area contributed by atoms with E-state index in [0.717, 1.165) is 5.69 Å². The van der Waals surface area contributed by atoms with Gasteiger partial charge in [0, 0.05) is 12.7 Å². The van der Waals surface area contributed by atoms with Gasteiger partial charge in [0.05, 0.1) is 0 Å². The number of amides is 2. The summed E-state index contributed by atoms with van der Waals surface area (Å²) < 4.78 is 0. The monoisotopic (exact) mass is 149 g/mol. The van der Waals surface area contributed by atoms with Crippen molar-refractivity contribution in [1.82, 2.24) is 5.32 Å². The van der Waals surface area contributed by atoms with Crippen molar-refractivity contribution in [2.45, 2.75) is 0 Å². The molecule has 0 aliphatic carbocycles. The Hall–Kier alpha value is -1.51. The summed E-state index contributed by atoms with van der Waals surface area (Å²) in [6.07, 6.45) is 0. The van der Waals surface area contributed by atoms with Crippen LogP contribution < -0.4 is 10.6 Å². The molecular weight excluding hydrogens is 140 g/mol. The molecule has 0 unspecified atom stereocenters. The Kier molecular flexibility index (Phi) is 2.49. The van der Waals surface area contributed by atoms with Crippen LogP contribution in [0.15, 0.2) is 24.3 Å². The molecule has 1 aromatic carbocycles. The van der Waals surface area contributed by atoms with Crippen LogP contribution in [0, 0.1) is 6.07 Å². The zero-order chi connectivity index (χ0) is 8.10. The number of carbonyl (C=O) groups is 1. The summed E-state index contributed by atoms with van der Waals surface area (Å²) in [5.41, 5.74) is 0.767. The second-order valence-corrected chi connectivity index (χ2v) is 1.99. The van der Waals surface area contributed by atoms with Crippen LogP contribution in [0.4, 0.5) is 10.5 Å². The van der Waals surface area contributed by atoms with Crippen LogP contribution in [0.25, 0.3) is 0 Å². The summed E-state index contributed by atoms with van der Waals surface area (Å²) in [7, 11) is 1.57. The highest BCUT2D eigenvalue weighted by Crippen LogP contribution is 2.03. The molecule has 0 heterocycles. The van der Waals surface area contributed by atoms with Gasteiger partial charge in [0.15, 0.2) is 0 Å². The van der Waals surface area contributed by atoms with Crippen molar-refractivity contribution in [3.05, 3.63) is 30.3 Å². The van der Waals surface area contributed by atoms with Crippen LogP contribution in [0.5, 0.6) is 0 Å². The van der Waals surface area contributed by atoms with Crippen molar-refractivity contribution < 1.29 is 4.79 Å². The number of anilines is 1.